The monoisotopic (exact) mass is 288 g/mol. The molecular weight excluding hydrogens is 268 g/mol. The lowest BCUT2D eigenvalue weighted by molar-refractivity contribution is 0.322. The maximum Gasteiger partial charge on any atom is 0.203 e. The average Bonchev–Trinajstić information content (AvgIpc) is 2.46. The molecular formula is C13H21ClN2O3. The molecule has 0 radical (unpaired) electrons. The van der Waals surface area contributed by atoms with Gasteiger partial charge in [-0.1, -0.05) is 0 Å². The van der Waals surface area contributed by atoms with Gasteiger partial charge in [-0.3, -0.25) is 0 Å². The van der Waals surface area contributed by atoms with E-state index < -0.39 is 0 Å². The number of methoxy groups -OCH3 is 3. The van der Waals surface area contributed by atoms with Crippen molar-refractivity contribution in [1.29, 1.82) is 0 Å². The van der Waals surface area contributed by atoms with E-state index in [-0.39, 0.29) is 18.4 Å². The molecule has 0 amide bonds. The molecule has 5 nitrogen and oxygen atoms in total. The smallest absolute Gasteiger partial charge is 0.203 e. The van der Waals surface area contributed by atoms with Crippen molar-refractivity contribution in [2.24, 2.45) is 0 Å². The first kappa shape index (κ1) is 15.9. The fourth-order valence-electron chi connectivity index (χ4n) is 2.19. The van der Waals surface area contributed by atoms with Crippen LogP contribution in [0, 0.1) is 0 Å². The van der Waals surface area contributed by atoms with E-state index in [1.54, 1.807) is 21.3 Å². The third kappa shape index (κ3) is 3.43. The van der Waals surface area contributed by atoms with Crippen molar-refractivity contribution in [3.8, 4) is 17.2 Å². The summed E-state index contributed by atoms with van der Waals surface area (Å²) in [4.78, 5) is 0. The summed E-state index contributed by atoms with van der Waals surface area (Å²) in [5, 5.41) is 6.82. The Morgan fingerprint density at radius 2 is 1.63 bits per heavy atom. The summed E-state index contributed by atoms with van der Waals surface area (Å²) in [7, 11) is 4.88. The number of hydrogen-bond donors (Lipinski definition) is 2. The maximum atomic E-state index is 5.36. The quantitative estimate of drug-likeness (QED) is 0.876. The molecule has 0 aromatic heterocycles. The molecule has 6 heteroatoms. The molecule has 108 valence electrons. The molecule has 2 rings (SSSR count). The fraction of sp³-hybridized carbons (Fsp3) is 0.538. The highest BCUT2D eigenvalue weighted by molar-refractivity contribution is 5.85. The van der Waals surface area contributed by atoms with Crippen molar-refractivity contribution in [3.05, 3.63) is 17.7 Å². The summed E-state index contributed by atoms with van der Waals surface area (Å²) in [5.41, 5.74) is 1.14. The minimum absolute atomic E-state index is 0. The van der Waals surface area contributed by atoms with Gasteiger partial charge < -0.3 is 24.8 Å². The van der Waals surface area contributed by atoms with Crippen molar-refractivity contribution in [3.63, 3.8) is 0 Å². The predicted octanol–water partition coefficient (Wildman–Crippen LogP) is 1.37. The van der Waals surface area contributed by atoms with E-state index in [2.05, 4.69) is 10.6 Å². The van der Waals surface area contributed by atoms with E-state index in [1.807, 2.05) is 12.1 Å². The van der Waals surface area contributed by atoms with Crippen LogP contribution in [0.1, 0.15) is 11.6 Å². The number of benzene rings is 1. The van der Waals surface area contributed by atoms with E-state index in [0.717, 1.165) is 25.2 Å². The number of halogens is 1. The van der Waals surface area contributed by atoms with E-state index in [1.165, 1.54) is 0 Å². The second-order valence-corrected chi connectivity index (χ2v) is 4.17. The summed E-state index contributed by atoms with van der Waals surface area (Å²) in [5.74, 6) is 2.02. The van der Waals surface area contributed by atoms with E-state index >= 15 is 0 Å². The lowest BCUT2D eigenvalue weighted by Crippen LogP contribution is -2.42. The lowest BCUT2D eigenvalue weighted by Gasteiger charge is -2.26. The molecule has 1 aromatic rings. The molecule has 1 fully saturated rings. The van der Waals surface area contributed by atoms with Crippen LogP contribution in [0.4, 0.5) is 0 Å². The van der Waals surface area contributed by atoms with Gasteiger partial charge in [0.25, 0.3) is 0 Å². The Balaban J connectivity index is 0.00000180. The highest BCUT2D eigenvalue weighted by atomic mass is 35.5. The summed E-state index contributed by atoms with van der Waals surface area (Å²) >= 11 is 0. The summed E-state index contributed by atoms with van der Waals surface area (Å²) in [6.45, 7) is 2.86. The van der Waals surface area contributed by atoms with Crippen LogP contribution < -0.4 is 24.8 Å². The molecule has 0 bridgehead atoms. The Labute approximate surface area is 120 Å². The van der Waals surface area contributed by atoms with E-state index in [0.29, 0.717) is 17.2 Å². The Bertz CT molecular complexity index is 384. The molecule has 1 heterocycles. The normalized spacial score (nSPS) is 18.4. The number of ether oxygens (including phenoxy) is 3. The van der Waals surface area contributed by atoms with Gasteiger partial charge in [0.05, 0.1) is 21.3 Å². The van der Waals surface area contributed by atoms with Crippen molar-refractivity contribution >= 4 is 12.4 Å². The minimum Gasteiger partial charge on any atom is -0.493 e. The van der Waals surface area contributed by atoms with Crippen LogP contribution in [-0.2, 0) is 0 Å². The third-order valence-corrected chi connectivity index (χ3v) is 3.13. The molecule has 0 aliphatic carbocycles. The SMILES string of the molecule is COc1cc([C@@H]2CNCCN2)cc(OC)c1OC.Cl. The van der Waals surface area contributed by atoms with Crippen molar-refractivity contribution in [1.82, 2.24) is 10.6 Å². The van der Waals surface area contributed by atoms with E-state index in [4.69, 9.17) is 14.2 Å². The highest BCUT2D eigenvalue weighted by Gasteiger charge is 2.19. The zero-order valence-electron chi connectivity index (χ0n) is 11.5. The summed E-state index contributed by atoms with van der Waals surface area (Å²) < 4.78 is 16.0. The van der Waals surface area contributed by atoms with Gasteiger partial charge in [0.2, 0.25) is 5.75 Å². The van der Waals surface area contributed by atoms with Gasteiger partial charge in [-0.25, -0.2) is 0 Å². The van der Waals surface area contributed by atoms with Gasteiger partial charge in [-0.15, -0.1) is 12.4 Å². The maximum absolute atomic E-state index is 5.36. The Morgan fingerprint density at radius 1 is 1.00 bits per heavy atom. The largest absolute Gasteiger partial charge is 0.493 e. The lowest BCUT2D eigenvalue weighted by atomic mass is 10.0. The first-order valence-corrected chi connectivity index (χ1v) is 6.04. The molecule has 1 aliphatic heterocycles. The molecule has 1 aromatic carbocycles. The van der Waals surface area contributed by atoms with Crippen molar-refractivity contribution in [2.45, 2.75) is 6.04 Å². The van der Waals surface area contributed by atoms with Gasteiger partial charge >= 0.3 is 0 Å². The Kier molecular flexibility index (Phi) is 6.21. The van der Waals surface area contributed by atoms with Crippen LogP contribution in [0.5, 0.6) is 17.2 Å². The first-order valence-electron chi connectivity index (χ1n) is 6.04. The summed E-state index contributed by atoms with van der Waals surface area (Å²) in [6.07, 6.45) is 0. The van der Waals surface area contributed by atoms with Crippen LogP contribution in [0.2, 0.25) is 0 Å². The predicted molar refractivity (Wildman–Crippen MR) is 77.0 cm³/mol. The first-order chi connectivity index (χ1) is 8.80. The average molecular weight is 289 g/mol. The standard InChI is InChI=1S/C13H20N2O3.ClH/c1-16-11-6-9(10-8-14-4-5-15-10)7-12(17-2)13(11)18-3;/h6-7,10,14-15H,4-5,8H2,1-3H3;1H/t10-;/m0./s1. The molecule has 2 N–H and O–H groups in total. The second kappa shape index (κ2) is 7.43. The molecule has 0 unspecified atom stereocenters. The molecule has 19 heavy (non-hydrogen) atoms. The van der Waals surface area contributed by atoms with Crippen LogP contribution in [0.3, 0.4) is 0 Å². The van der Waals surface area contributed by atoms with Gasteiger partial charge in [-0.05, 0) is 17.7 Å². The topological polar surface area (TPSA) is 51.8 Å². The van der Waals surface area contributed by atoms with Crippen molar-refractivity contribution in [2.75, 3.05) is 41.0 Å². The number of rotatable bonds is 4. The van der Waals surface area contributed by atoms with Crippen LogP contribution >= 0.6 is 12.4 Å². The molecule has 0 saturated carbocycles. The number of piperazine rings is 1. The molecule has 1 atom stereocenters. The Morgan fingerprint density at radius 3 is 2.05 bits per heavy atom. The molecule has 1 aliphatic rings. The Hall–Kier alpha value is -1.17. The van der Waals surface area contributed by atoms with Crippen LogP contribution in [0.15, 0.2) is 12.1 Å². The number of nitrogens with one attached hydrogen (secondary N) is 2. The van der Waals surface area contributed by atoms with Crippen LogP contribution in [0.25, 0.3) is 0 Å². The fourth-order valence-corrected chi connectivity index (χ4v) is 2.19. The second-order valence-electron chi connectivity index (χ2n) is 4.17. The zero-order chi connectivity index (χ0) is 13.0. The highest BCUT2D eigenvalue weighted by Crippen LogP contribution is 2.39. The van der Waals surface area contributed by atoms with Crippen molar-refractivity contribution < 1.29 is 14.2 Å². The van der Waals surface area contributed by atoms with E-state index in [9.17, 15) is 0 Å². The zero-order valence-corrected chi connectivity index (χ0v) is 12.3. The molecule has 1 saturated heterocycles. The third-order valence-electron chi connectivity index (χ3n) is 3.13. The van der Waals surface area contributed by atoms with Gasteiger partial charge in [-0.2, -0.15) is 0 Å². The summed E-state index contributed by atoms with van der Waals surface area (Å²) in [6, 6.07) is 4.25. The van der Waals surface area contributed by atoms with Gasteiger partial charge in [0.1, 0.15) is 0 Å². The number of hydrogen-bond acceptors (Lipinski definition) is 5. The van der Waals surface area contributed by atoms with Gasteiger partial charge in [0, 0.05) is 25.7 Å². The molecule has 0 spiro atoms. The van der Waals surface area contributed by atoms with Gasteiger partial charge in [0.15, 0.2) is 11.5 Å². The minimum atomic E-state index is 0. The van der Waals surface area contributed by atoms with Crippen LogP contribution in [-0.4, -0.2) is 41.0 Å².